The van der Waals surface area contributed by atoms with Crippen molar-refractivity contribution in [1.82, 2.24) is 25.9 Å². The zero-order valence-corrected chi connectivity index (χ0v) is 22.9. The molecule has 0 aliphatic rings. The van der Waals surface area contributed by atoms with Crippen LogP contribution < -0.4 is 33.2 Å². The van der Waals surface area contributed by atoms with Gasteiger partial charge in [-0.05, 0) is 24.8 Å². The number of carbonyl (C=O) groups excluding carboxylic acids is 3. The number of carbonyl (C=O) groups is 5. The number of carboxylic acids is 2. The van der Waals surface area contributed by atoms with Crippen molar-refractivity contribution in [1.29, 1.82) is 0 Å². The second-order valence-electron chi connectivity index (χ2n) is 9.48. The van der Waals surface area contributed by atoms with Crippen molar-refractivity contribution in [3.05, 3.63) is 54.1 Å². The summed E-state index contributed by atoms with van der Waals surface area (Å²) in [7, 11) is 0. The van der Waals surface area contributed by atoms with Gasteiger partial charge in [-0.3, -0.25) is 24.2 Å². The van der Waals surface area contributed by atoms with Crippen LogP contribution in [0.3, 0.4) is 0 Å². The first kappa shape index (κ1) is 33.2. The minimum atomic E-state index is -1.42. The van der Waals surface area contributed by atoms with Gasteiger partial charge in [0.25, 0.3) is 0 Å². The predicted octanol–water partition coefficient (Wildman–Crippen LogP) is -2.02. The molecule has 2 aromatic rings. The summed E-state index contributed by atoms with van der Waals surface area (Å²) in [5.74, 6) is -4.99. The van der Waals surface area contributed by atoms with Crippen LogP contribution >= 0.6 is 0 Å². The highest BCUT2D eigenvalue weighted by Crippen LogP contribution is 2.07. The molecule has 3 amide bonds. The number of aliphatic imine (C=N–C) groups is 1. The number of nitrogens with two attached hydrogens (primary N) is 3. The molecule has 12 N–H and O–H groups in total. The van der Waals surface area contributed by atoms with Gasteiger partial charge in [-0.2, -0.15) is 0 Å². The third-order valence-corrected chi connectivity index (χ3v) is 6.09. The molecular weight excluding hydrogens is 550 g/mol. The topological polar surface area (TPSA) is 281 Å². The Kier molecular flexibility index (Phi) is 13.4. The molecule has 4 unspecified atom stereocenters. The van der Waals surface area contributed by atoms with Gasteiger partial charge in [0, 0.05) is 37.7 Å². The smallest absolute Gasteiger partial charge is 0.326 e. The number of aromatic nitrogens is 2. The Balaban J connectivity index is 2.16. The molecule has 42 heavy (non-hydrogen) atoms. The van der Waals surface area contributed by atoms with E-state index in [9.17, 15) is 34.2 Å². The zero-order valence-electron chi connectivity index (χ0n) is 22.9. The van der Waals surface area contributed by atoms with Crippen LogP contribution in [0.25, 0.3) is 0 Å². The van der Waals surface area contributed by atoms with E-state index in [0.717, 1.165) is 0 Å². The van der Waals surface area contributed by atoms with E-state index in [0.29, 0.717) is 17.7 Å². The first-order chi connectivity index (χ1) is 20.0. The van der Waals surface area contributed by atoms with Crippen LogP contribution in [0.5, 0.6) is 0 Å². The van der Waals surface area contributed by atoms with Crippen LogP contribution in [0.15, 0.2) is 47.8 Å². The van der Waals surface area contributed by atoms with Crippen LogP contribution in [0.2, 0.25) is 0 Å². The quantitative estimate of drug-likeness (QED) is 0.0521. The van der Waals surface area contributed by atoms with Gasteiger partial charge in [-0.25, -0.2) is 9.78 Å². The number of aliphatic carboxylic acids is 2. The van der Waals surface area contributed by atoms with Crippen molar-refractivity contribution >= 4 is 35.6 Å². The molecule has 0 aliphatic heterocycles. The van der Waals surface area contributed by atoms with Gasteiger partial charge in [-0.1, -0.05) is 30.3 Å². The molecule has 1 aromatic carbocycles. The molecule has 0 radical (unpaired) electrons. The summed E-state index contributed by atoms with van der Waals surface area (Å²) in [6, 6.07) is 3.58. The number of amides is 3. The Morgan fingerprint density at radius 1 is 0.881 bits per heavy atom. The number of guanidine groups is 1. The summed E-state index contributed by atoms with van der Waals surface area (Å²) in [6.45, 7) is 0.253. The lowest BCUT2D eigenvalue weighted by molar-refractivity contribution is -0.143. The molecule has 0 spiro atoms. The predicted molar refractivity (Wildman–Crippen MR) is 151 cm³/mol. The number of carboxylic acid groups (broad SMARTS) is 2. The molecule has 1 heterocycles. The lowest BCUT2D eigenvalue weighted by atomic mass is 10.0. The van der Waals surface area contributed by atoms with Gasteiger partial charge in [0.15, 0.2) is 5.96 Å². The Hall–Kier alpha value is -4.99. The fraction of sp³-hybridized carbons (Fsp3) is 0.423. The SMILES string of the molecule is NC(N)=NCCCC(N)C(=O)NC(Cc1cnc[nH]1)C(=O)NC(CCC(=O)O)C(=O)NC(Cc1ccccc1)C(=O)O. The van der Waals surface area contributed by atoms with Crippen molar-refractivity contribution in [3.63, 3.8) is 0 Å². The van der Waals surface area contributed by atoms with Gasteiger partial charge < -0.3 is 48.3 Å². The van der Waals surface area contributed by atoms with E-state index < -0.39 is 60.2 Å². The van der Waals surface area contributed by atoms with E-state index in [1.807, 2.05) is 0 Å². The average Bonchev–Trinajstić information content (AvgIpc) is 3.45. The van der Waals surface area contributed by atoms with Gasteiger partial charge in [-0.15, -0.1) is 0 Å². The van der Waals surface area contributed by atoms with Crippen LogP contribution in [0.1, 0.15) is 36.9 Å². The maximum atomic E-state index is 13.3. The van der Waals surface area contributed by atoms with E-state index in [1.165, 1.54) is 12.5 Å². The third kappa shape index (κ3) is 12.0. The lowest BCUT2D eigenvalue weighted by Gasteiger charge is -2.25. The molecule has 0 fully saturated rings. The van der Waals surface area contributed by atoms with Gasteiger partial charge >= 0.3 is 11.9 Å². The average molecular weight is 588 g/mol. The number of nitrogens with zero attached hydrogens (tertiary/aromatic N) is 2. The molecule has 1 aromatic heterocycles. The molecular formula is C26H37N9O7. The van der Waals surface area contributed by atoms with Crippen molar-refractivity contribution in [2.45, 2.75) is 62.7 Å². The molecule has 0 bridgehead atoms. The molecule has 0 saturated carbocycles. The van der Waals surface area contributed by atoms with Crippen LogP contribution in [0, 0.1) is 0 Å². The van der Waals surface area contributed by atoms with Gasteiger partial charge in [0.05, 0.1) is 12.4 Å². The molecule has 2 rings (SSSR count). The fourth-order valence-electron chi connectivity index (χ4n) is 3.89. The highest BCUT2D eigenvalue weighted by atomic mass is 16.4. The minimum absolute atomic E-state index is 0.0406. The summed E-state index contributed by atoms with van der Waals surface area (Å²) >= 11 is 0. The number of nitrogens with one attached hydrogen (secondary N) is 4. The number of benzene rings is 1. The Bertz CT molecular complexity index is 1220. The highest BCUT2D eigenvalue weighted by Gasteiger charge is 2.31. The number of hydrogen-bond donors (Lipinski definition) is 9. The molecule has 228 valence electrons. The van der Waals surface area contributed by atoms with Gasteiger partial charge in [0.2, 0.25) is 17.7 Å². The summed E-state index contributed by atoms with van der Waals surface area (Å²) in [6.07, 6.45) is 2.50. The number of hydrogen-bond acceptors (Lipinski definition) is 8. The summed E-state index contributed by atoms with van der Waals surface area (Å²) < 4.78 is 0. The highest BCUT2D eigenvalue weighted by molar-refractivity contribution is 5.94. The lowest BCUT2D eigenvalue weighted by Crippen LogP contribution is -2.57. The molecule has 4 atom stereocenters. The van der Waals surface area contributed by atoms with E-state index in [2.05, 4.69) is 30.9 Å². The van der Waals surface area contributed by atoms with E-state index in [-0.39, 0.29) is 38.2 Å². The first-order valence-corrected chi connectivity index (χ1v) is 13.1. The molecule has 16 heteroatoms. The second-order valence-corrected chi connectivity index (χ2v) is 9.48. The van der Waals surface area contributed by atoms with Crippen molar-refractivity contribution in [2.24, 2.45) is 22.2 Å². The monoisotopic (exact) mass is 587 g/mol. The standard InChI is InChI=1S/C26H37N9O7/c27-17(7-4-10-31-26(28)29)22(38)34-19(12-16-13-30-14-32-16)24(40)33-18(8-9-21(36)37)23(39)35-20(25(41)42)11-15-5-2-1-3-6-15/h1-3,5-6,13-14,17-20H,4,7-12,27H2,(H,30,32)(H,33,40)(H,34,38)(H,35,39)(H,36,37)(H,41,42)(H4,28,29,31). The van der Waals surface area contributed by atoms with E-state index in [1.54, 1.807) is 30.3 Å². The number of imidazole rings is 1. The Morgan fingerprint density at radius 2 is 1.52 bits per heavy atom. The minimum Gasteiger partial charge on any atom is -0.481 e. The third-order valence-electron chi connectivity index (χ3n) is 6.09. The normalized spacial score (nSPS) is 13.5. The molecule has 0 aliphatic carbocycles. The van der Waals surface area contributed by atoms with Crippen LogP contribution in [-0.4, -0.2) is 86.5 Å². The van der Waals surface area contributed by atoms with Crippen molar-refractivity contribution in [2.75, 3.05) is 6.54 Å². The largest absolute Gasteiger partial charge is 0.481 e. The Labute approximate surface area is 241 Å². The van der Waals surface area contributed by atoms with Gasteiger partial charge in [0.1, 0.15) is 18.1 Å². The summed E-state index contributed by atoms with van der Waals surface area (Å²) in [5, 5.41) is 26.2. The van der Waals surface area contributed by atoms with Crippen molar-refractivity contribution < 1.29 is 34.2 Å². The zero-order chi connectivity index (χ0) is 31.1. The number of rotatable bonds is 18. The summed E-state index contributed by atoms with van der Waals surface area (Å²) in [5.41, 5.74) is 17.7. The first-order valence-electron chi connectivity index (χ1n) is 13.1. The van der Waals surface area contributed by atoms with E-state index >= 15 is 0 Å². The number of H-pyrrole nitrogens is 1. The molecule has 16 nitrogen and oxygen atoms in total. The maximum Gasteiger partial charge on any atom is 0.326 e. The second kappa shape index (κ2) is 17.0. The Morgan fingerprint density at radius 3 is 2.12 bits per heavy atom. The number of aromatic amines is 1. The van der Waals surface area contributed by atoms with E-state index in [4.69, 9.17) is 17.2 Å². The maximum absolute atomic E-state index is 13.3. The summed E-state index contributed by atoms with van der Waals surface area (Å²) in [4.78, 5) is 72.9. The van der Waals surface area contributed by atoms with Crippen LogP contribution in [-0.2, 0) is 36.8 Å². The molecule has 0 saturated heterocycles. The van der Waals surface area contributed by atoms with Crippen LogP contribution in [0.4, 0.5) is 0 Å². The van der Waals surface area contributed by atoms with Crippen molar-refractivity contribution in [3.8, 4) is 0 Å². The fourth-order valence-corrected chi connectivity index (χ4v) is 3.89.